The summed E-state index contributed by atoms with van der Waals surface area (Å²) in [5.74, 6) is 0.103. The number of amides is 1. The summed E-state index contributed by atoms with van der Waals surface area (Å²) in [5, 5.41) is 5.90. The first kappa shape index (κ1) is 15.0. The van der Waals surface area contributed by atoms with E-state index in [0.29, 0.717) is 17.1 Å². The van der Waals surface area contributed by atoms with Gasteiger partial charge in [-0.25, -0.2) is 9.37 Å². The molecule has 21 heavy (non-hydrogen) atoms. The summed E-state index contributed by atoms with van der Waals surface area (Å²) in [7, 11) is 0. The fourth-order valence-corrected chi connectivity index (χ4v) is 1.88. The number of nitrogens with one attached hydrogen (secondary N) is 2. The minimum absolute atomic E-state index is 0.244. The molecular weight excluding hydrogens is 269 g/mol. The Kier molecular flexibility index (Phi) is 4.87. The zero-order valence-electron chi connectivity index (χ0n) is 12.1. The number of rotatable bonds is 5. The first-order valence-corrected chi connectivity index (χ1v) is 6.88. The van der Waals surface area contributed by atoms with E-state index in [2.05, 4.69) is 22.5 Å². The summed E-state index contributed by atoms with van der Waals surface area (Å²) in [4.78, 5) is 16.5. The number of anilines is 2. The van der Waals surface area contributed by atoms with Gasteiger partial charge in [0.15, 0.2) is 0 Å². The van der Waals surface area contributed by atoms with Crippen molar-refractivity contribution in [3.8, 4) is 0 Å². The van der Waals surface area contributed by atoms with Gasteiger partial charge in [-0.1, -0.05) is 6.92 Å². The Hall–Kier alpha value is -2.43. The largest absolute Gasteiger partial charge is 0.370 e. The quantitative estimate of drug-likeness (QED) is 0.883. The van der Waals surface area contributed by atoms with Crippen molar-refractivity contribution in [2.45, 2.75) is 20.3 Å². The molecule has 0 unspecified atom stereocenters. The fraction of sp³-hybridized carbons (Fsp3) is 0.250. The molecule has 2 aromatic rings. The highest BCUT2D eigenvalue weighted by Crippen LogP contribution is 2.14. The number of nitrogens with zero attached hydrogens (tertiary/aromatic N) is 1. The molecule has 1 aromatic carbocycles. The molecule has 0 radical (unpaired) electrons. The van der Waals surface area contributed by atoms with Crippen molar-refractivity contribution in [3.63, 3.8) is 0 Å². The van der Waals surface area contributed by atoms with Crippen LogP contribution in [0.4, 0.5) is 15.9 Å². The number of aryl methyl sites for hydroxylation is 1. The Labute approximate surface area is 123 Å². The molecule has 0 atom stereocenters. The number of halogens is 1. The predicted molar refractivity (Wildman–Crippen MR) is 82.1 cm³/mol. The third-order valence-corrected chi connectivity index (χ3v) is 2.87. The lowest BCUT2D eigenvalue weighted by Crippen LogP contribution is -2.13. The molecule has 0 aliphatic heterocycles. The van der Waals surface area contributed by atoms with Crippen LogP contribution in [0.1, 0.15) is 29.4 Å². The van der Waals surface area contributed by atoms with Crippen LogP contribution in [0, 0.1) is 12.7 Å². The Morgan fingerprint density at radius 1 is 1.24 bits per heavy atom. The summed E-state index contributed by atoms with van der Waals surface area (Å²) in [5.41, 5.74) is 1.84. The Morgan fingerprint density at radius 2 is 1.95 bits per heavy atom. The third kappa shape index (κ3) is 4.27. The first-order valence-electron chi connectivity index (χ1n) is 6.88. The molecule has 110 valence electrons. The minimum atomic E-state index is -0.334. The number of pyridine rings is 1. The number of hydrogen-bond donors (Lipinski definition) is 2. The van der Waals surface area contributed by atoms with Crippen molar-refractivity contribution >= 4 is 17.4 Å². The molecule has 2 rings (SSSR count). The lowest BCUT2D eigenvalue weighted by molar-refractivity contribution is 0.102. The van der Waals surface area contributed by atoms with Crippen molar-refractivity contribution in [2.75, 3.05) is 17.2 Å². The van der Waals surface area contributed by atoms with Crippen LogP contribution in [0.15, 0.2) is 36.4 Å². The van der Waals surface area contributed by atoms with Crippen LogP contribution in [-0.2, 0) is 0 Å². The van der Waals surface area contributed by atoms with Crippen molar-refractivity contribution < 1.29 is 9.18 Å². The molecule has 0 bridgehead atoms. The number of aromatic nitrogens is 1. The Bertz CT molecular complexity index is 626. The highest BCUT2D eigenvalue weighted by atomic mass is 19.1. The highest BCUT2D eigenvalue weighted by molar-refractivity contribution is 6.04. The lowest BCUT2D eigenvalue weighted by Gasteiger charge is -2.09. The molecule has 1 heterocycles. The number of hydrogen-bond acceptors (Lipinski definition) is 3. The maximum atomic E-state index is 12.8. The van der Waals surface area contributed by atoms with Gasteiger partial charge in [0.05, 0.1) is 0 Å². The van der Waals surface area contributed by atoms with Gasteiger partial charge in [-0.05, 0) is 49.7 Å². The van der Waals surface area contributed by atoms with Crippen LogP contribution in [0.2, 0.25) is 0 Å². The average molecular weight is 287 g/mol. The minimum Gasteiger partial charge on any atom is -0.370 e. The second kappa shape index (κ2) is 6.83. The normalized spacial score (nSPS) is 10.2. The van der Waals surface area contributed by atoms with Gasteiger partial charge in [0, 0.05) is 23.5 Å². The summed E-state index contributed by atoms with van der Waals surface area (Å²) in [6, 6.07) is 9.09. The smallest absolute Gasteiger partial charge is 0.255 e. The van der Waals surface area contributed by atoms with Crippen LogP contribution in [0.5, 0.6) is 0 Å². The van der Waals surface area contributed by atoms with E-state index in [0.717, 1.165) is 18.7 Å². The molecule has 0 saturated carbocycles. The number of carbonyl (C=O) groups is 1. The zero-order chi connectivity index (χ0) is 15.2. The van der Waals surface area contributed by atoms with Crippen LogP contribution in [0.25, 0.3) is 0 Å². The van der Waals surface area contributed by atoms with Crippen LogP contribution in [0.3, 0.4) is 0 Å². The van der Waals surface area contributed by atoms with E-state index < -0.39 is 0 Å². The predicted octanol–water partition coefficient (Wildman–Crippen LogP) is 3.60. The first-order chi connectivity index (χ1) is 10.1. The van der Waals surface area contributed by atoms with Gasteiger partial charge in [0.25, 0.3) is 5.91 Å². The standard InChI is InChI=1S/C16H18FN3O/c1-3-8-18-15-10-12(9-11(2)19-15)16(21)20-14-6-4-13(17)5-7-14/h4-7,9-10H,3,8H2,1-2H3,(H,18,19)(H,20,21). The van der Waals surface area contributed by atoms with E-state index >= 15 is 0 Å². The Balaban J connectivity index is 2.14. The van der Waals surface area contributed by atoms with E-state index in [1.807, 2.05) is 6.92 Å². The van der Waals surface area contributed by atoms with Gasteiger partial charge in [0.2, 0.25) is 0 Å². The molecule has 0 saturated heterocycles. The van der Waals surface area contributed by atoms with Gasteiger partial charge in [-0.3, -0.25) is 4.79 Å². The van der Waals surface area contributed by atoms with Gasteiger partial charge >= 0.3 is 0 Å². The molecule has 1 amide bonds. The monoisotopic (exact) mass is 287 g/mol. The molecule has 2 N–H and O–H groups in total. The van der Waals surface area contributed by atoms with Gasteiger partial charge in [-0.15, -0.1) is 0 Å². The number of carbonyl (C=O) groups excluding carboxylic acids is 1. The van der Waals surface area contributed by atoms with Crippen LogP contribution in [-0.4, -0.2) is 17.4 Å². The van der Waals surface area contributed by atoms with Crippen LogP contribution < -0.4 is 10.6 Å². The van der Waals surface area contributed by atoms with E-state index in [4.69, 9.17) is 0 Å². The second-order valence-electron chi connectivity index (χ2n) is 4.77. The molecule has 4 nitrogen and oxygen atoms in total. The van der Waals surface area contributed by atoms with Crippen molar-refractivity contribution in [1.29, 1.82) is 0 Å². The summed E-state index contributed by atoms with van der Waals surface area (Å²) < 4.78 is 12.8. The SMILES string of the molecule is CCCNc1cc(C(=O)Nc2ccc(F)cc2)cc(C)n1. The van der Waals surface area contributed by atoms with E-state index in [1.54, 1.807) is 12.1 Å². The lowest BCUT2D eigenvalue weighted by atomic mass is 10.2. The molecule has 0 spiro atoms. The molecule has 0 fully saturated rings. The summed E-state index contributed by atoms with van der Waals surface area (Å²) >= 11 is 0. The van der Waals surface area contributed by atoms with Crippen LogP contribution >= 0.6 is 0 Å². The average Bonchev–Trinajstić information content (AvgIpc) is 2.47. The molecule has 5 heteroatoms. The summed E-state index contributed by atoms with van der Waals surface area (Å²) in [6.45, 7) is 4.70. The zero-order valence-corrected chi connectivity index (χ0v) is 12.1. The van der Waals surface area contributed by atoms with Crippen molar-refractivity contribution in [3.05, 3.63) is 53.5 Å². The molecule has 1 aromatic heterocycles. The van der Waals surface area contributed by atoms with Gasteiger partial charge in [0.1, 0.15) is 11.6 Å². The van der Waals surface area contributed by atoms with E-state index in [-0.39, 0.29) is 11.7 Å². The summed E-state index contributed by atoms with van der Waals surface area (Å²) in [6.07, 6.45) is 0.979. The second-order valence-corrected chi connectivity index (χ2v) is 4.77. The fourth-order valence-electron chi connectivity index (χ4n) is 1.88. The number of benzene rings is 1. The third-order valence-electron chi connectivity index (χ3n) is 2.87. The molecule has 0 aliphatic rings. The maximum Gasteiger partial charge on any atom is 0.255 e. The van der Waals surface area contributed by atoms with Crippen molar-refractivity contribution in [1.82, 2.24) is 4.98 Å². The van der Waals surface area contributed by atoms with Crippen molar-refractivity contribution in [2.24, 2.45) is 0 Å². The van der Waals surface area contributed by atoms with Gasteiger partial charge in [-0.2, -0.15) is 0 Å². The molecule has 0 aliphatic carbocycles. The molecular formula is C16H18FN3O. The topological polar surface area (TPSA) is 54.0 Å². The van der Waals surface area contributed by atoms with E-state index in [1.165, 1.54) is 24.3 Å². The van der Waals surface area contributed by atoms with E-state index in [9.17, 15) is 9.18 Å². The van der Waals surface area contributed by atoms with Gasteiger partial charge < -0.3 is 10.6 Å². The highest BCUT2D eigenvalue weighted by Gasteiger charge is 2.09. The Morgan fingerprint density at radius 3 is 2.62 bits per heavy atom. The maximum absolute atomic E-state index is 12.8.